The van der Waals surface area contributed by atoms with Crippen molar-refractivity contribution >= 4 is 68.2 Å². The van der Waals surface area contributed by atoms with Crippen LogP contribution < -0.4 is 14.9 Å². The van der Waals surface area contributed by atoms with Crippen molar-refractivity contribution in [3.8, 4) is 0 Å². The number of nitrogens with zero attached hydrogens (tertiary/aromatic N) is 3. The van der Waals surface area contributed by atoms with E-state index in [0.717, 1.165) is 4.90 Å². The van der Waals surface area contributed by atoms with E-state index in [1.54, 1.807) is 0 Å². The normalized spacial score (nSPS) is 13.7. The van der Waals surface area contributed by atoms with Crippen LogP contribution in [0.3, 0.4) is 0 Å². The second-order valence-electron chi connectivity index (χ2n) is 7.17. The van der Waals surface area contributed by atoms with Gasteiger partial charge in [-0.3, -0.25) is 14.3 Å². The van der Waals surface area contributed by atoms with Crippen LogP contribution in [-0.4, -0.2) is 43.5 Å². The summed E-state index contributed by atoms with van der Waals surface area (Å²) in [5, 5.41) is 9.70. The molecule has 0 aliphatic carbocycles. The molecule has 0 spiro atoms. The number of esters is 1. The van der Waals surface area contributed by atoms with E-state index in [0.29, 0.717) is 5.69 Å². The lowest BCUT2D eigenvalue weighted by atomic mass is 10.2. The Kier molecular flexibility index (Phi) is 6.93. The van der Waals surface area contributed by atoms with Gasteiger partial charge in [0.05, 0.1) is 23.3 Å². The van der Waals surface area contributed by atoms with Gasteiger partial charge in [-0.25, -0.2) is 18.1 Å². The smallest absolute Gasteiger partial charge is 0.337 e. The quantitative estimate of drug-likeness (QED) is 0.336. The largest absolute Gasteiger partial charge is 0.465 e. The molecule has 0 unspecified atom stereocenters. The minimum atomic E-state index is -3.99. The van der Waals surface area contributed by atoms with Gasteiger partial charge in [-0.15, -0.1) is 10.2 Å². The molecule has 0 saturated heterocycles. The third-order valence-electron chi connectivity index (χ3n) is 4.86. The summed E-state index contributed by atoms with van der Waals surface area (Å²) in [5.74, 6) is -2.21. The molecule has 0 saturated carbocycles. The van der Waals surface area contributed by atoms with Crippen LogP contribution in [0.1, 0.15) is 10.4 Å². The number of benzene rings is 2. The van der Waals surface area contributed by atoms with Gasteiger partial charge in [0, 0.05) is 5.69 Å². The number of amides is 2. The van der Waals surface area contributed by atoms with Crippen molar-refractivity contribution < 1.29 is 27.5 Å². The summed E-state index contributed by atoms with van der Waals surface area (Å²) >= 11 is 11.8. The molecule has 3 aromatic rings. The topological polar surface area (TPSA) is 148 Å². The van der Waals surface area contributed by atoms with E-state index >= 15 is 0 Å². The first kappa shape index (κ1) is 25.1. The number of imide groups is 1. The molecule has 1 aliphatic rings. The number of halogens is 2. The van der Waals surface area contributed by atoms with Gasteiger partial charge in [-0.05, 0) is 54.6 Å². The first-order valence-corrected chi connectivity index (χ1v) is 12.2. The number of nitrogens with one attached hydrogen (secondary N) is 2. The number of aromatic nitrogens is 2. The highest BCUT2D eigenvalue weighted by Gasteiger charge is 2.39. The minimum absolute atomic E-state index is 0.0232. The van der Waals surface area contributed by atoms with E-state index in [9.17, 15) is 22.8 Å². The van der Waals surface area contributed by atoms with Crippen molar-refractivity contribution in [3.63, 3.8) is 0 Å². The van der Waals surface area contributed by atoms with Gasteiger partial charge in [0.25, 0.3) is 21.8 Å². The molecule has 2 amide bonds. The number of hydrogen-bond acceptors (Lipinski definition) is 9. The molecule has 11 nitrogen and oxygen atoms in total. The van der Waals surface area contributed by atoms with Crippen LogP contribution in [0.4, 0.5) is 17.2 Å². The molecular weight excluding hydrogens is 533 g/mol. The molecule has 2 N–H and O–H groups in total. The second-order valence-corrected chi connectivity index (χ2v) is 9.62. The maximum Gasteiger partial charge on any atom is 0.337 e. The van der Waals surface area contributed by atoms with Crippen LogP contribution in [0.15, 0.2) is 76.3 Å². The van der Waals surface area contributed by atoms with Crippen molar-refractivity contribution in [3.05, 3.63) is 82.1 Å². The molecular formula is C22H15Cl2N5O6S. The summed E-state index contributed by atoms with van der Waals surface area (Å²) in [6.07, 6.45) is 0. The summed E-state index contributed by atoms with van der Waals surface area (Å²) in [6.45, 7) is 0. The van der Waals surface area contributed by atoms with E-state index in [4.69, 9.17) is 23.2 Å². The number of carbonyl (C=O) groups excluding carboxylic acids is 3. The van der Waals surface area contributed by atoms with Crippen LogP contribution in [0.25, 0.3) is 0 Å². The number of rotatable bonds is 7. The van der Waals surface area contributed by atoms with Gasteiger partial charge in [0.15, 0.2) is 11.0 Å². The summed E-state index contributed by atoms with van der Waals surface area (Å²) < 4.78 is 32.1. The van der Waals surface area contributed by atoms with Crippen LogP contribution in [0, 0.1) is 0 Å². The fourth-order valence-corrected chi connectivity index (χ4v) is 4.47. The first-order valence-electron chi connectivity index (χ1n) is 9.97. The predicted molar refractivity (Wildman–Crippen MR) is 131 cm³/mol. The van der Waals surface area contributed by atoms with Gasteiger partial charge >= 0.3 is 5.97 Å². The average molecular weight is 548 g/mol. The van der Waals surface area contributed by atoms with Crippen LogP contribution in [-0.2, 0) is 24.3 Å². The van der Waals surface area contributed by atoms with Crippen molar-refractivity contribution in [2.45, 2.75) is 4.90 Å². The molecule has 1 aromatic heterocycles. The maximum absolute atomic E-state index is 13.0. The number of sulfonamides is 1. The van der Waals surface area contributed by atoms with Crippen LogP contribution in [0.2, 0.25) is 5.15 Å². The molecule has 4 rings (SSSR count). The second kappa shape index (κ2) is 9.93. The Balaban J connectivity index is 1.52. The van der Waals surface area contributed by atoms with Gasteiger partial charge in [-0.2, -0.15) is 0 Å². The summed E-state index contributed by atoms with van der Waals surface area (Å²) in [5.41, 5.74) is 0.346. The summed E-state index contributed by atoms with van der Waals surface area (Å²) in [6, 6.07) is 13.8. The fourth-order valence-electron chi connectivity index (χ4n) is 3.16. The number of anilines is 3. The Morgan fingerprint density at radius 2 is 1.69 bits per heavy atom. The lowest BCUT2D eigenvalue weighted by Crippen LogP contribution is -2.32. The first-order chi connectivity index (χ1) is 17.1. The van der Waals surface area contributed by atoms with Crippen LogP contribution >= 0.6 is 23.2 Å². The number of methoxy groups -OCH3 is 1. The molecule has 14 heteroatoms. The lowest BCUT2D eigenvalue weighted by molar-refractivity contribution is -0.120. The number of carbonyl (C=O) groups is 3. The van der Waals surface area contributed by atoms with Crippen molar-refractivity contribution in [2.75, 3.05) is 22.0 Å². The van der Waals surface area contributed by atoms with E-state index < -0.39 is 27.8 Å². The average Bonchev–Trinajstić information content (AvgIpc) is 3.08. The molecule has 1 aliphatic heterocycles. The van der Waals surface area contributed by atoms with Crippen molar-refractivity contribution in [2.24, 2.45) is 0 Å². The third-order valence-corrected chi connectivity index (χ3v) is 6.78. The molecule has 2 heterocycles. The van der Waals surface area contributed by atoms with Crippen LogP contribution in [0.5, 0.6) is 0 Å². The molecule has 0 bridgehead atoms. The fraction of sp³-hybridized carbons (Fsp3) is 0.0455. The SMILES string of the molecule is COC(=O)c1cccc(N2C(=O)C(Cl)=C(Nc3ccc(S(=O)(=O)Nc4ccc(Cl)nn4)cc3)C2=O)c1. The van der Waals surface area contributed by atoms with E-state index in [1.165, 1.54) is 67.8 Å². The Morgan fingerprint density at radius 1 is 0.972 bits per heavy atom. The summed E-state index contributed by atoms with van der Waals surface area (Å²) in [7, 11) is -2.78. The van der Waals surface area contributed by atoms with Gasteiger partial charge in [0.1, 0.15) is 10.7 Å². The van der Waals surface area contributed by atoms with Crippen molar-refractivity contribution in [1.29, 1.82) is 0 Å². The Hall–Kier alpha value is -4.00. The predicted octanol–water partition coefficient (Wildman–Crippen LogP) is 3.15. The molecule has 2 aromatic carbocycles. The number of ether oxygens (including phenoxy) is 1. The third kappa shape index (κ3) is 5.00. The monoisotopic (exact) mass is 547 g/mol. The molecule has 0 fully saturated rings. The Labute approximate surface area is 214 Å². The van der Waals surface area contributed by atoms with E-state index in [2.05, 4.69) is 25.0 Å². The molecule has 0 atom stereocenters. The Morgan fingerprint density at radius 3 is 2.33 bits per heavy atom. The molecule has 36 heavy (non-hydrogen) atoms. The van der Waals surface area contributed by atoms with Crippen molar-refractivity contribution in [1.82, 2.24) is 10.2 Å². The summed E-state index contributed by atoms with van der Waals surface area (Å²) in [4.78, 5) is 38.2. The highest BCUT2D eigenvalue weighted by Crippen LogP contribution is 2.31. The highest BCUT2D eigenvalue weighted by molar-refractivity contribution is 7.92. The van der Waals surface area contributed by atoms with Gasteiger partial charge < -0.3 is 10.1 Å². The zero-order chi connectivity index (χ0) is 26.0. The minimum Gasteiger partial charge on any atom is -0.465 e. The lowest BCUT2D eigenvalue weighted by Gasteiger charge is -2.16. The zero-order valence-electron chi connectivity index (χ0n) is 18.2. The number of hydrogen-bond donors (Lipinski definition) is 2. The van der Waals surface area contributed by atoms with E-state index in [-0.39, 0.29) is 37.8 Å². The standard InChI is InChI=1S/C22H15Cl2N5O6S/c1-35-22(32)12-3-2-4-14(11-12)29-20(30)18(24)19(21(29)31)25-13-5-7-15(8-6-13)36(33,34)28-17-10-9-16(23)26-27-17/h2-11,25H,1H3,(H,27,28). The van der Waals surface area contributed by atoms with Gasteiger partial charge in [-0.1, -0.05) is 29.3 Å². The zero-order valence-corrected chi connectivity index (χ0v) is 20.6. The molecule has 0 radical (unpaired) electrons. The molecule has 184 valence electrons. The van der Waals surface area contributed by atoms with Gasteiger partial charge in [0.2, 0.25) is 0 Å². The van der Waals surface area contributed by atoms with E-state index in [1.807, 2.05) is 0 Å². The Bertz CT molecular complexity index is 1510. The maximum atomic E-state index is 13.0. The highest BCUT2D eigenvalue weighted by atomic mass is 35.5.